The second-order valence-corrected chi connectivity index (χ2v) is 9.91. The van der Waals surface area contributed by atoms with E-state index >= 15 is 0 Å². The van der Waals surface area contributed by atoms with Crippen LogP contribution in [0.5, 0.6) is 5.75 Å². The summed E-state index contributed by atoms with van der Waals surface area (Å²) in [4.78, 5) is 39.6. The highest BCUT2D eigenvalue weighted by Gasteiger charge is 2.36. The summed E-state index contributed by atoms with van der Waals surface area (Å²) in [5.41, 5.74) is 1.31. The van der Waals surface area contributed by atoms with Gasteiger partial charge < -0.3 is 20.3 Å². The zero-order chi connectivity index (χ0) is 24.6. The minimum Gasteiger partial charge on any atom is -0.495 e. The largest absolute Gasteiger partial charge is 0.495 e. The van der Waals surface area contributed by atoms with Gasteiger partial charge in [-0.25, -0.2) is 10.3 Å². The number of hydroxylamine groups is 1. The number of hydrogen-bond acceptors (Lipinski definition) is 5. The Kier molecular flexibility index (Phi) is 9.79. The molecule has 0 heterocycles. The molecule has 33 heavy (non-hydrogen) atoms. The summed E-state index contributed by atoms with van der Waals surface area (Å²) in [6.07, 6.45) is 5.34. The average molecular weight is 483 g/mol. The SMILES string of the molecule is COc1ccc(Cl)cc1NC(=O)N[C@H](C(=O)N(CCC1CCCC1)CC(=O)NO)C(C)(C)C. The van der Waals surface area contributed by atoms with Crippen molar-refractivity contribution in [2.45, 2.75) is 58.9 Å². The molecule has 0 unspecified atom stereocenters. The molecule has 184 valence electrons. The van der Waals surface area contributed by atoms with E-state index in [1.165, 1.54) is 24.9 Å². The quantitative estimate of drug-likeness (QED) is 0.315. The summed E-state index contributed by atoms with van der Waals surface area (Å²) in [6, 6.07) is 3.29. The fourth-order valence-corrected chi connectivity index (χ4v) is 4.18. The molecule has 1 atom stereocenters. The zero-order valence-electron chi connectivity index (χ0n) is 19.7. The van der Waals surface area contributed by atoms with Gasteiger partial charge in [0.15, 0.2) is 0 Å². The fourth-order valence-electron chi connectivity index (χ4n) is 4.01. The first-order valence-corrected chi connectivity index (χ1v) is 11.6. The van der Waals surface area contributed by atoms with Gasteiger partial charge in [-0.05, 0) is 36.0 Å². The Morgan fingerprint density at radius 1 is 1.24 bits per heavy atom. The molecule has 0 spiro atoms. The molecule has 4 N–H and O–H groups in total. The summed E-state index contributed by atoms with van der Waals surface area (Å²) in [5.74, 6) is -0.143. The predicted octanol–water partition coefficient (Wildman–Crippen LogP) is 3.80. The molecular formula is C23H35ClN4O5. The number of methoxy groups -OCH3 is 1. The van der Waals surface area contributed by atoms with Gasteiger partial charge in [-0.1, -0.05) is 58.1 Å². The molecule has 1 aromatic rings. The van der Waals surface area contributed by atoms with Gasteiger partial charge in [-0.15, -0.1) is 0 Å². The first-order valence-electron chi connectivity index (χ1n) is 11.2. The highest BCUT2D eigenvalue weighted by Crippen LogP contribution is 2.29. The highest BCUT2D eigenvalue weighted by molar-refractivity contribution is 6.31. The molecule has 1 fully saturated rings. The van der Waals surface area contributed by atoms with Crippen molar-refractivity contribution in [1.29, 1.82) is 0 Å². The van der Waals surface area contributed by atoms with Crippen LogP contribution < -0.4 is 20.9 Å². The lowest BCUT2D eigenvalue weighted by molar-refractivity contribution is -0.142. The van der Waals surface area contributed by atoms with E-state index < -0.39 is 29.3 Å². The first-order chi connectivity index (χ1) is 15.5. The average Bonchev–Trinajstić information content (AvgIpc) is 3.27. The van der Waals surface area contributed by atoms with Crippen LogP contribution in [0.25, 0.3) is 0 Å². The second-order valence-electron chi connectivity index (χ2n) is 9.48. The summed E-state index contributed by atoms with van der Waals surface area (Å²) < 4.78 is 5.25. The molecule has 10 heteroatoms. The number of urea groups is 1. The van der Waals surface area contributed by atoms with Gasteiger partial charge in [0, 0.05) is 11.6 Å². The molecule has 2 rings (SSSR count). The van der Waals surface area contributed by atoms with Gasteiger partial charge in [0.1, 0.15) is 18.3 Å². The van der Waals surface area contributed by atoms with E-state index in [-0.39, 0.29) is 6.54 Å². The van der Waals surface area contributed by atoms with Crippen LogP contribution in [0, 0.1) is 11.3 Å². The number of rotatable bonds is 9. The molecule has 1 saturated carbocycles. The summed E-state index contributed by atoms with van der Waals surface area (Å²) in [5, 5.41) is 14.8. The van der Waals surface area contributed by atoms with Crippen LogP contribution in [-0.2, 0) is 9.59 Å². The van der Waals surface area contributed by atoms with E-state index in [1.54, 1.807) is 23.7 Å². The number of nitrogens with one attached hydrogen (secondary N) is 3. The van der Waals surface area contributed by atoms with E-state index in [1.807, 2.05) is 20.8 Å². The number of nitrogens with zero attached hydrogens (tertiary/aromatic N) is 1. The Bertz CT molecular complexity index is 837. The van der Waals surface area contributed by atoms with Crippen LogP contribution in [0.15, 0.2) is 18.2 Å². The van der Waals surface area contributed by atoms with Crippen molar-refractivity contribution >= 4 is 35.1 Å². The van der Waals surface area contributed by atoms with E-state index in [2.05, 4.69) is 10.6 Å². The Hall–Kier alpha value is -2.52. The monoisotopic (exact) mass is 482 g/mol. The topological polar surface area (TPSA) is 120 Å². The summed E-state index contributed by atoms with van der Waals surface area (Å²) in [7, 11) is 1.47. The Labute approximate surface area is 200 Å². The van der Waals surface area contributed by atoms with Crippen molar-refractivity contribution < 1.29 is 24.3 Å². The van der Waals surface area contributed by atoms with E-state index in [4.69, 9.17) is 21.5 Å². The lowest BCUT2D eigenvalue weighted by Crippen LogP contribution is -2.57. The Balaban J connectivity index is 2.17. The minimum absolute atomic E-state index is 0.292. The highest BCUT2D eigenvalue weighted by atomic mass is 35.5. The zero-order valence-corrected chi connectivity index (χ0v) is 20.5. The first kappa shape index (κ1) is 26.7. The lowest BCUT2D eigenvalue weighted by Gasteiger charge is -2.35. The number of ether oxygens (including phenoxy) is 1. The van der Waals surface area contributed by atoms with Crippen molar-refractivity contribution in [1.82, 2.24) is 15.7 Å². The van der Waals surface area contributed by atoms with Crippen LogP contribution in [0.4, 0.5) is 10.5 Å². The summed E-state index contributed by atoms with van der Waals surface area (Å²) in [6.45, 7) is 5.57. The van der Waals surface area contributed by atoms with Crippen molar-refractivity contribution in [3.8, 4) is 5.75 Å². The number of amides is 4. The molecule has 0 bridgehead atoms. The van der Waals surface area contributed by atoms with Crippen molar-refractivity contribution in [2.75, 3.05) is 25.5 Å². The van der Waals surface area contributed by atoms with Crippen LogP contribution in [0.2, 0.25) is 5.02 Å². The third-order valence-electron chi connectivity index (χ3n) is 5.85. The van der Waals surface area contributed by atoms with Gasteiger partial charge in [0.25, 0.3) is 5.91 Å². The minimum atomic E-state index is -0.919. The van der Waals surface area contributed by atoms with Gasteiger partial charge in [-0.2, -0.15) is 0 Å². The molecule has 4 amide bonds. The normalized spacial score (nSPS) is 15.0. The maximum absolute atomic E-state index is 13.5. The van der Waals surface area contributed by atoms with Crippen LogP contribution in [-0.4, -0.2) is 54.2 Å². The number of benzene rings is 1. The van der Waals surface area contributed by atoms with Crippen molar-refractivity contribution in [3.63, 3.8) is 0 Å². The Morgan fingerprint density at radius 2 is 1.91 bits per heavy atom. The molecule has 0 aromatic heterocycles. The Morgan fingerprint density at radius 3 is 2.48 bits per heavy atom. The molecule has 0 radical (unpaired) electrons. The third kappa shape index (κ3) is 8.08. The van der Waals surface area contributed by atoms with Crippen LogP contribution in [0.3, 0.4) is 0 Å². The number of hydrogen-bond donors (Lipinski definition) is 4. The van der Waals surface area contributed by atoms with Crippen LogP contribution in [0.1, 0.15) is 52.9 Å². The molecule has 9 nitrogen and oxygen atoms in total. The van der Waals surface area contributed by atoms with Gasteiger partial charge in [0.2, 0.25) is 5.91 Å². The predicted molar refractivity (Wildman–Crippen MR) is 126 cm³/mol. The van der Waals surface area contributed by atoms with Crippen molar-refractivity contribution in [3.05, 3.63) is 23.2 Å². The third-order valence-corrected chi connectivity index (χ3v) is 6.09. The smallest absolute Gasteiger partial charge is 0.320 e. The van der Waals surface area contributed by atoms with E-state index in [0.29, 0.717) is 28.9 Å². The second kappa shape index (κ2) is 12.1. The summed E-state index contributed by atoms with van der Waals surface area (Å²) >= 11 is 6.03. The molecular weight excluding hydrogens is 448 g/mol. The maximum Gasteiger partial charge on any atom is 0.320 e. The van der Waals surface area contributed by atoms with Gasteiger partial charge >= 0.3 is 6.03 Å². The van der Waals surface area contributed by atoms with Gasteiger partial charge in [-0.3, -0.25) is 14.8 Å². The number of carbonyl (C=O) groups is 3. The van der Waals surface area contributed by atoms with Crippen molar-refractivity contribution in [2.24, 2.45) is 11.3 Å². The van der Waals surface area contributed by atoms with Gasteiger partial charge in [0.05, 0.1) is 12.8 Å². The molecule has 1 aliphatic rings. The number of carbonyl (C=O) groups excluding carboxylic acids is 3. The van der Waals surface area contributed by atoms with E-state index in [9.17, 15) is 14.4 Å². The maximum atomic E-state index is 13.5. The fraction of sp³-hybridized carbons (Fsp3) is 0.609. The number of anilines is 1. The molecule has 1 aliphatic carbocycles. The molecule has 0 saturated heterocycles. The van der Waals surface area contributed by atoms with Crippen LogP contribution >= 0.6 is 11.6 Å². The standard InChI is InChI=1S/C23H35ClN4O5/c1-23(2,3)20(26-22(31)25-17-13-16(24)9-10-18(17)33-4)21(30)28(14-19(29)27-32)12-11-15-7-5-6-8-15/h9-10,13,15,20,32H,5-8,11-12,14H2,1-4H3,(H,27,29)(H2,25,26,31)/t20-/m1/s1. The van der Waals surface area contributed by atoms with E-state index in [0.717, 1.165) is 19.3 Å². The number of halogens is 1. The molecule has 0 aliphatic heterocycles. The molecule has 1 aromatic carbocycles. The lowest BCUT2D eigenvalue weighted by atomic mass is 9.85.